The third-order valence-electron chi connectivity index (χ3n) is 1.25. The van der Waals surface area contributed by atoms with E-state index in [0.29, 0.717) is 0 Å². The number of nitrogens with zero attached hydrogens (tertiary/aromatic N) is 3. The molecule has 16 heavy (non-hydrogen) atoms. The highest BCUT2D eigenvalue weighted by Gasteiger charge is 2.13. The number of ether oxygens (including phenoxy) is 1. The highest BCUT2D eigenvalue weighted by atomic mass is 16.8. The molecule has 0 aliphatic rings. The first-order chi connectivity index (χ1) is 7.32. The Morgan fingerprint density at radius 2 is 2.19 bits per heavy atom. The number of aliphatic carboxylic acids is 1. The molecule has 0 fully saturated rings. The Morgan fingerprint density at radius 1 is 1.62 bits per heavy atom. The molecule has 9 nitrogen and oxygen atoms in total. The molecule has 0 aromatic heterocycles. The van der Waals surface area contributed by atoms with Crippen molar-refractivity contribution in [3.63, 3.8) is 0 Å². The molecule has 0 aliphatic heterocycles. The van der Waals surface area contributed by atoms with Crippen molar-refractivity contribution in [1.29, 1.82) is 0 Å². The van der Waals surface area contributed by atoms with Gasteiger partial charge in [-0.3, -0.25) is 14.4 Å². The summed E-state index contributed by atoms with van der Waals surface area (Å²) in [5.74, 6) is -1.77. The number of carbonyl (C=O) groups is 2. The van der Waals surface area contributed by atoms with E-state index in [2.05, 4.69) is 14.9 Å². The van der Waals surface area contributed by atoms with Crippen LogP contribution in [0.5, 0.6) is 0 Å². The first-order valence-corrected chi connectivity index (χ1v) is 4.27. The van der Waals surface area contributed by atoms with Crippen molar-refractivity contribution in [2.75, 3.05) is 13.6 Å². The smallest absolute Gasteiger partial charge is 0.329 e. The molecular weight excluding hydrogens is 222 g/mol. The molecule has 0 aromatic rings. The van der Waals surface area contributed by atoms with E-state index < -0.39 is 24.8 Å². The molecule has 1 atom stereocenters. The minimum absolute atomic E-state index is 0.0614. The van der Waals surface area contributed by atoms with Gasteiger partial charge in [0, 0.05) is 13.8 Å². The van der Waals surface area contributed by atoms with Crippen LogP contribution in [0.4, 0.5) is 0 Å². The fourth-order valence-electron chi connectivity index (χ4n) is 0.681. The standard InChI is InChI=1S/C7H13N3O6/c1-5(11)15-6(2)16-8-10(14)9(3)4-7(12)13/h6H,4H2,1-3H3,(H,12,13)/b10-8+. The maximum atomic E-state index is 11.0. The van der Waals surface area contributed by atoms with Crippen molar-refractivity contribution in [2.45, 2.75) is 20.1 Å². The van der Waals surface area contributed by atoms with E-state index in [1.54, 1.807) is 0 Å². The lowest BCUT2D eigenvalue weighted by molar-refractivity contribution is -0.705. The number of rotatable bonds is 6. The van der Waals surface area contributed by atoms with Crippen molar-refractivity contribution >= 4 is 11.9 Å². The van der Waals surface area contributed by atoms with Gasteiger partial charge in [0.2, 0.25) is 5.28 Å². The summed E-state index contributed by atoms with van der Waals surface area (Å²) in [4.78, 5) is 25.1. The fourth-order valence-corrected chi connectivity index (χ4v) is 0.681. The Hall–Kier alpha value is -2.06. The van der Waals surface area contributed by atoms with E-state index in [1.807, 2.05) is 0 Å². The van der Waals surface area contributed by atoms with E-state index in [0.717, 1.165) is 5.01 Å². The van der Waals surface area contributed by atoms with Crippen LogP contribution in [0.15, 0.2) is 5.28 Å². The van der Waals surface area contributed by atoms with Crippen LogP contribution in [0, 0.1) is 5.21 Å². The minimum atomic E-state index is -1.19. The first kappa shape index (κ1) is 13.9. The van der Waals surface area contributed by atoms with Crippen LogP contribution < -0.4 is 0 Å². The van der Waals surface area contributed by atoms with Gasteiger partial charge in [-0.15, -0.1) is 5.01 Å². The lowest BCUT2D eigenvalue weighted by Crippen LogP contribution is -2.32. The summed E-state index contributed by atoms with van der Waals surface area (Å²) in [6.07, 6.45) is -1.02. The van der Waals surface area contributed by atoms with E-state index >= 15 is 0 Å². The summed E-state index contributed by atoms with van der Waals surface area (Å²) in [6, 6.07) is 0. The maximum absolute atomic E-state index is 11.0. The Bertz CT molecular complexity index is 292. The van der Waals surface area contributed by atoms with Crippen LogP contribution in [0.1, 0.15) is 13.8 Å². The highest BCUT2D eigenvalue weighted by molar-refractivity contribution is 5.68. The Labute approximate surface area is 91.4 Å². The number of likely N-dealkylation sites (N-methyl/N-ethyl adjacent to an activating group) is 1. The van der Waals surface area contributed by atoms with E-state index in [4.69, 9.17) is 5.11 Å². The van der Waals surface area contributed by atoms with Crippen molar-refractivity contribution in [1.82, 2.24) is 5.01 Å². The van der Waals surface area contributed by atoms with Gasteiger partial charge in [0.1, 0.15) is 0 Å². The third kappa shape index (κ3) is 6.40. The van der Waals surface area contributed by atoms with Gasteiger partial charge in [-0.25, -0.2) is 0 Å². The highest BCUT2D eigenvalue weighted by Crippen LogP contribution is 1.96. The zero-order chi connectivity index (χ0) is 12.7. The largest absolute Gasteiger partial charge is 0.569 e. The Morgan fingerprint density at radius 3 is 2.62 bits per heavy atom. The second kappa shape index (κ2) is 6.43. The van der Waals surface area contributed by atoms with Crippen LogP contribution >= 0.6 is 0 Å². The van der Waals surface area contributed by atoms with Gasteiger partial charge >= 0.3 is 11.9 Å². The number of carbonyl (C=O) groups excluding carboxylic acids is 1. The van der Waals surface area contributed by atoms with Gasteiger partial charge in [-0.05, 0) is 0 Å². The average molecular weight is 235 g/mol. The molecule has 0 saturated carbocycles. The van der Waals surface area contributed by atoms with Crippen LogP contribution in [0.2, 0.25) is 0 Å². The number of hydrogen-bond donors (Lipinski definition) is 1. The van der Waals surface area contributed by atoms with Gasteiger partial charge in [0.05, 0.1) is 12.0 Å². The van der Waals surface area contributed by atoms with Crippen molar-refractivity contribution in [3.8, 4) is 0 Å². The van der Waals surface area contributed by atoms with Crippen LogP contribution in [-0.2, 0) is 19.2 Å². The lowest BCUT2D eigenvalue weighted by atomic mass is 10.7. The molecule has 0 bridgehead atoms. The molecule has 92 valence electrons. The lowest BCUT2D eigenvalue weighted by Gasteiger charge is -2.11. The number of hydrogen-bond acceptors (Lipinski definition) is 6. The monoisotopic (exact) mass is 235 g/mol. The van der Waals surface area contributed by atoms with Crippen molar-refractivity contribution in [3.05, 3.63) is 5.21 Å². The summed E-state index contributed by atoms with van der Waals surface area (Å²) in [7, 11) is 1.21. The number of carboxylic acid groups (broad SMARTS) is 1. The van der Waals surface area contributed by atoms with Gasteiger partial charge < -0.3 is 15.1 Å². The van der Waals surface area contributed by atoms with Gasteiger partial charge in [0.15, 0.2) is 6.54 Å². The summed E-state index contributed by atoms with van der Waals surface area (Å²) >= 11 is 0. The molecule has 0 spiro atoms. The predicted octanol–water partition coefficient (Wildman–Crippen LogP) is -0.279. The molecule has 0 rings (SSSR count). The zero-order valence-corrected chi connectivity index (χ0v) is 9.11. The van der Waals surface area contributed by atoms with Crippen LogP contribution in [-0.4, -0.2) is 46.9 Å². The summed E-state index contributed by atoms with van der Waals surface area (Å²) in [5, 5.41) is 23.1. The van der Waals surface area contributed by atoms with Gasteiger partial charge in [-0.1, -0.05) is 0 Å². The average Bonchev–Trinajstić information content (AvgIpc) is 2.11. The summed E-state index contributed by atoms with van der Waals surface area (Å²) in [5.41, 5.74) is 0. The maximum Gasteiger partial charge on any atom is 0.329 e. The molecule has 0 aromatic carbocycles. The van der Waals surface area contributed by atoms with Crippen molar-refractivity contribution in [2.24, 2.45) is 5.28 Å². The molecular formula is C7H13N3O6. The van der Waals surface area contributed by atoms with Gasteiger partial charge in [-0.2, -0.15) is 0 Å². The molecule has 0 aliphatic carbocycles. The molecule has 0 saturated heterocycles. The summed E-state index contributed by atoms with van der Waals surface area (Å²) < 4.78 is 4.51. The second-order valence-electron chi connectivity index (χ2n) is 2.83. The topological polar surface area (TPSA) is 114 Å². The number of carboxylic acids is 1. The SMILES string of the molecule is CC(=O)OC(C)O/N=[N+](/[O-])N(C)CC(=O)O. The quantitative estimate of drug-likeness (QED) is 0.221. The minimum Gasteiger partial charge on any atom is -0.569 e. The fraction of sp³-hybridized carbons (Fsp3) is 0.714. The predicted molar refractivity (Wildman–Crippen MR) is 48.6 cm³/mol. The molecule has 9 heteroatoms. The number of esters is 1. The van der Waals surface area contributed by atoms with E-state index in [9.17, 15) is 14.8 Å². The number of hydrazine groups is 1. The molecule has 1 N–H and O–H groups in total. The van der Waals surface area contributed by atoms with E-state index in [-0.39, 0.29) is 4.97 Å². The normalized spacial score (nSPS) is 12.8. The molecule has 0 heterocycles. The Kier molecular flexibility index (Phi) is 5.60. The van der Waals surface area contributed by atoms with Crippen molar-refractivity contribution < 1.29 is 29.2 Å². The van der Waals surface area contributed by atoms with Crippen LogP contribution in [0.25, 0.3) is 0 Å². The molecule has 0 amide bonds. The Balaban J connectivity index is 4.11. The van der Waals surface area contributed by atoms with E-state index in [1.165, 1.54) is 20.9 Å². The second-order valence-corrected chi connectivity index (χ2v) is 2.83. The first-order valence-electron chi connectivity index (χ1n) is 4.27. The van der Waals surface area contributed by atoms with Crippen LogP contribution in [0.3, 0.4) is 0 Å². The third-order valence-corrected chi connectivity index (χ3v) is 1.25. The van der Waals surface area contributed by atoms with Gasteiger partial charge in [0.25, 0.3) is 6.29 Å². The molecule has 0 radical (unpaired) electrons. The summed E-state index contributed by atoms with van der Waals surface area (Å²) in [6.45, 7) is 2.00. The molecule has 1 unspecified atom stereocenters. The zero-order valence-electron chi connectivity index (χ0n) is 9.11.